The van der Waals surface area contributed by atoms with Gasteiger partial charge in [0.2, 0.25) is 5.91 Å². The maximum Gasteiger partial charge on any atom is 0.241 e. The van der Waals surface area contributed by atoms with Crippen molar-refractivity contribution in [1.29, 1.82) is 0 Å². The molecule has 5 N–H and O–H groups in total. The highest BCUT2D eigenvalue weighted by Gasteiger charge is 2.13. The van der Waals surface area contributed by atoms with Gasteiger partial charge < -0.3 is 5.73 Å². The Labute approximate surface area is 128 Å². The Bertz CT molecular complexity index is 598. The monoisotopic (exact) mass is 302 g/mol. The number of nitrogens with two attached hydrogens (primary N) is 2. The first-order valence-corrected chi connectivity index (χ1v) is 7.52. The van der Waals surface area contributed by atoms with Crippen molar-refractivity contribution in [3.63, 3.8) is 0 Å². The number of carbonyl (C=O) groups excluding carboxylic acids is 1. The van der Waals surface area contributed by atoms with Gasteiger partial charge in [0.25, 0.3) is 0 Å². The van der Waals surface area contributed by atoms with Gasteiger partial charge in [-0.15, -0.1) is 11.8 Å². The molecule has 1 aromatic heterocycles. The summed E-state index contributed by atoms with van der Waals surface area (Å²) in [6.45, 7) is 1.83. The maximum absolute atomic E-state index is 11.5. The average molecular weight is 302 g/mol. The summed E-state index contributed by atoms with van der Waals surface area (Å²) < 4.78 is 0. The number of rotatable bonds is 5. The van der Waals surface area contributed by atoms with E-state index in [9.17, 15) is 4.79 Å². The smallest absolute Gasteiger partial charge is 0.241 e. The van der Waals surface area contributed by atoms with E-state index in [-0.39, 0.29) is 11.8 Å². The zero-order valence-corrected chi connectivity index (χ0v) is 12.6. The Balaban J connectivity index is 1.96. The number of thioether (sulfide) groups is 1. The van der Waals surface area contributed by atoms with Crippen LogP contribution in [0.4, 0.5) is 5.82 Å². The molecule has 5 nitrogen and oxygen atoms in total. The van der Waals surface area contributed by atoms with E-state index in [1.807, 2.05) is 37.3 Å². The molecule has 1 heterocycles. The van der Waals surface area contributed by atoms with E-state index in [0.717, 1.165) is 16.2 Å². The lowest BCUT2D eigenvalue weighted by atomic mass is 9.99. The highest BCUT2D eigenvalue weighted by Crippen LogP contribution is 2.23. The number of anilines is 1. The molecule has 2 rings (SSSR count). The summed E-state index contributed by atoms with van der Waals surface area (Å²) >= 11 is 1.69. The maximum atomic E-state index is 11.5. The van der Waals surface area contributed by atoms with Crippen molar-refractivity contribution in [3.8, 4) is 0 Å². The van der Waals surface area contributed by atoms with Gasteiger partial charge in [0.15, 0.2) is 0 Å². The molecule has 0 aliphatic heterocycles. The molecule has 1 amide bonds. The van der Waals surface area contributed by atoms with Crippen molar-refractivity contribution in [2.75, 3.05) is 5.73 Å². The number of carbonyl (C=O) groups is 1. The minimum Gasteiger partial charge on any atom is -0.384 e. The van der Waals surface area contributed by atoms with Gasteiger partial charge in [-0.1, -0.05) is 24.3 Å². The lowest BCUT2D eigenvalue weighted by molar-refractivity contribution is -0.122. The number of hydrogen-bond acceptors (Lipinski definition) is 5. The fourth-order valence-corrected chi connectivity index (χ4v) is 2.64. The van der Waals surface area contributed by atoms with Gasteiger partial charge in [0.05, 0.1) is 5.92 Å². The second-order valence-corrected chi connectivity index (χ2v) is 5.73. The second kappa shape index (κ2) is 7.10. The van der Waals surface area contributed by atoms with E-state index in [1.54, 1.807) is 24.0 Å². The molecule has 1 aromatic carbocycles. The highest BCUT2D eigenvalue weighted by atomic mass is 32.2. The zero-order chi connectivity index (χ0) is 15.2. The number of benzene rings is 1. The lowest BCUT2D eigenvalue weighted by Crippen LogP contribution is -2.33. The van der Waals surface area contributed by atoms with Gasteiger partial charge >= 0.3 is 0 Å². The molecule has 1 atom stereocenters. The Morgan fingerprint density at radius 3 is 2.57 bits per heavy atom. The summed E-state index contributed by atoms with van der Waals surface area (Å²) in [7, 11) is 0. The second-order valence-electron chi connectivity index (χ2n) is 4.68. The van der Waals surface area contributed by atoms with E-state index in [4.69, 9.17) is 11.6 Å². The predicted molar refractivity (Wildman–Crippen MR) is 85.4 cm³/mol. The van der Waals surface area contributed by atoms with Crippen LogP contribution >= 0.6 is 11.8 Å². The summed E-state index contributed by atoms with van der Waals surface area (Å²) in [5, 5.41) is 0. The predicted octanol–water partition coefficient (Wildman–Crippen LogP) is 2.05. The van der Waals surface area contributed by atoms with E-state index in [0.29, 0.717) is 5.82 Å². The molecular weight excluding hydrogens is 284 g/mol. The van der Waals surface area contributed by atoms with Crippen molar-refractivity contribution in [3.05, 3.63) is 53.7 Å². The largest absolute Gasteiger partial charge is 0.384 e. The number of amides is 1. The first kappa shape index (κ1) is 15.3. The van der Waals surface area contributed by atoms with Crippen LogP contribution in [0.1, 0.15) is 24.0 Å². The third-order valence-corrected chi connectivity index (χ3v) is 4.23. The van der Waals surface area contributed by atoms with E-state index < -0.39 is 0 Å². The van der Waals surface area contributed by atoms with Crippen molar-refractivity contribution in [2.24, 2.45) is 5.84 Å². The Kier molecular flexibility index (Phi) is 5.19. The fraction of sp³-hybridized carbons (Fsp3) is 0.200. The van der Waals surface area contributed by atoms with Crippen molar-refractivity contribution >= 4 is 23.5 Å². The minimum atomic E-state index is -0.252. The number of nitrogen functional groups attached to an aromatic ring is 1. The first-order chi connectivity index (χ1) is 10.1. The Morgan fingerprint density at radius 2 is 2.00 bits per heavy atom. The van der Waals surface area contributed by atoms with Crippen LogP contribution in [0.3, 0.4) is 0 Å². The van der Waals surface area contributed by atoms with Crippen LogP contribution in [0, 0.1) is 0 Å². The molecule has 0 spiro atoms. The molecule has 0 aliphatic rings. The Hall–Kier alpha value is -2.05. The lowest BCUT2D eigenvalue weighted by Gasteiger charge is -2.10. The zero-order valence-electron chi connectivity index (χ0n) is 11.7. The number of nitrogens with one attached hydrogen (secondary N) is 1. The summed E-state index contributed by atoms with van der Waals surface area (Å²) in [6, 6.07) is 11.7. The molecule has 21 heavy (non-hydrogen) atoms. The van der Waals surface area contributed by atoms with Crippen LogP contribution in [0.15, 0.2) is 47.5 Å². The molecule has 110 valence electrons. The van der Waals surface area contributed by atoms with Crippen molar-refractivity contribution in [2.45, 2.75) is 23.5 Å². The van der Waals surface area contributed by atoms with E-state index in [2.05, 4.69) is 10.4 Å². The van der Waals surface area contributed by atoms with Crippen molar-refractivity contribution < 1.29 is 4.79 Å². The number of pyridine rings is 1. The summed E-state index contributed by atoms with van der Waals surface area (Å²) in [6.07, 6.45) is 1.77. The van der Waals surface area contributed by atoms with Gasteiger partial charge in [0, 0.05) is 16.8 Å². The van der Waals surface area contributed by atoms with Gasteiger partial charge in [0.1, 0.15) is 5.82 Å². The van der Waals surface area contributed by atoms with Crippen LogP contribution < -0.4 is 17.0 Å². The molecule has 0 radical (unpaired) electrons. The van der Waals surface area contributed by atoms with Crippen LogP contribution in [0.25, 0.3) is 0 Å². The SMILES string of the molecule is CC(C(=O)NN)c1ccc(CSc2ccc(N)nc2)cc1. The molecule has 6 heteroatoms. The highest BCUT2D eigenvalue weighted by molar-refractivity contribution is 7.98. The fourth-order valence-electron chi connectivity index (χ4n) is 1.82. The topological polar surface area (TPSA) is 94.0 Å². The third kappa shape index (κ3) is 4.21. The number of hydrogen-bond donors (Lipinski definition) is 3. The molecule has 0 aliphatic carbocycles. The van der Waals surface area contributed by atoms with Gasteiger partial charge in [-0.3, -0.25) is 10.2 Å². The summed E-state index contributed by atoms with van der Waals surface area (Å²) in [5.74, 6) is 6.06. The van der Waals surface area contributed by atoms with Crippen LogP contribution in [0.5, 0.6) is 0 Å². The Morgan fingerprint density at radius 1 is 1.29 bits per heavy atom. The van der Waals surface area contributed by atoms with E-state index >= 15 is 0 Å². The number of nitrogens with zero attached hydrogens (tertiary/aromatic N) is 1. The first-order valence-electron chi connectivity index (χ1n) is 6.54. The van der Waals surface area contributed by atoms with Crippen LogP contribution in [-0.4, -0.2) is 10.9 Å². The molecule has 1 unspecified atom stereocenters. The number of aromatic nitrogens is 1. The average Bonchev–Trinajstić information content (AvgIpc) is 2.53. The van der Waals surface area contributed by atoms with Gasteiger partial charge in [-0.05, 0) is 30.2 Å². The van der Waals surface area contributed by atoms with E-state index in [1.165, 1.54) is 5.56 Å². The molecular formula is C15H18N4OS. The van der Waals surface area contributed by atoms with Crippen molar-refractivity contribution in [1.82, 2.24) is 10.4 Å². The summed E-state index contributed by atoms with van der Waals surface area (Å²) in [4.78, 5) is 16.6. The normalized spacial score (nSPS) is 11.9. The standard InChI is InChI=1S/C15H18N4OS/c1-10(15(20)19-17)12-4-2-11(3-5-12)9-21-13-6-7-14(16)18-8-13/h2-8,10H,9,17H2,1H3,(H2,16,18)(H,19,20). The molecule has 2 aromatic rings. The van der Waals surface area contributed by atoms with Gasteiger partial charge in [-0.2, -0.15) is 0 Å². The minimum absolute atomic E-state index is 0.190. The quantitative estimate of drug-likeness (QED) is 0.340. The van der Waals surface area contributed by atoms with Gasteiger partial charge in [-0.25, -0.2) is 10.8 Å². The van der Waals surface area contributed by atoms with Crippen LogP contribution in [-0.2, 0) is 10.5 Å². The molecule has 0 saturated heterocycles. The molecule has 0 saturated carbocycles. The number of hydrazine groups is 1. The molecule has 0 bridgehead atoms. The van der Waals surface area contributed by atoms with Crippen LogP contribution in [0.2, 0.25) is 0 Å². The summed E-state index contributed by atoms with van der Waals surface area (Å²) in [5.41, 5.74) is 9.85. The third-order valence-electron chi connectivity index (χ3n) is 3.18. The molecule has 0 fully saturated rings.